The van der Waals surface area contributed by atoms with Crippen molar-refractivity contribution in [1.29, 1.82) is 0 Å². The van der Waals surface area contributed by atoms with Gasteiger partial charge in [-0.15, -0.1) is 11.3 Å². The van der Waals surface area contributed by atoms with Crippen molar-refractivity contribution in [2.24, 2.45) is 33.7 Å². The van der Waals surface area contributed by atoms with Crippen LogP contribution in [0, 0.1) is 13.8 Å². The molecule has 248 valence electrons. The molecule has 14 N–H and O–H groups in total. The van der Waals surface area contributed by atoms with Crippen LogP contribution in [0.5, 0.6) is 5.75 Å². The van der Waals surface area contributed by atoms with Crippen LogP contribution >= 0.6 is 11.3 Å². The molecule has 1 heterocycles. The minimum atomic E-state index is -1.13. The lowest BCUT2D eigenvalue weighted by molar-refractivity contribution is -0.133. The van der Waals surface area contributed by atoms with Crippen molar-refractivity contribution in [2.45, 2.75) is 83.0 Å². The zero-order valence-electron chi connectivity index (χ0n) is 25.8. The number of hydrogen-bond donors (Lipinski definition) is 9. The molecule has 1 aromatic carbocycles. The third-order valence-electron chi connectivity index (χ3n) is 7.16. The van der Waals surface area contributed by atoms with Crippen molar-refractivity contribution in [2.75, 3.05) is 13.1 Å². The summed E-state index contributed by atoms with van der Waals surface area (Å²) in [6.45, 7) is 4.23. The minimum absolute atomic E-state index is 0.0567. The molecule has 0 bridgehead atoms. The lowest BCUT2D eigenvalue weighted by Gasteiger charge is -2.26. The number of aliphatic imine (C=N–C) groups is 1. The monoisotopic (exact) mass is 646 g/mol. The van der Waals surface area contributed by atoms with Crippen LogP contribution in [-0.2, 0) is 32.0 Å². The molecule has 1 aromatic heterocycles. The molecule has 2 aromatic rings. The van der Waals surface area contributed by atoms with Gasteiger partial charge in [0.05, 0.1) is 17.2 Å². The van der Waals surface area contributed by atoms with Gasteiger partial charge < -0.3 is 49.7 Å². The van der Waals surface area contributed by atoms with Crippen LogP contribution in [0.2, 0.25) is 0 Å². The van der Waals surface area contributed by atoms with Gasteiger partial charge in [0.2, 0.25) is 23.6 Å². The second-order valence-corrected chi connectivity index (χ2v) is 11.6. The molecule has 15 nitrogen and oxygen atoms in total. The van der Waals surface area contributed by atoms with Crippen LogP contribution in [0.4, 0.5) is 0 Å². The Bertz CT molecular complexity index is 1290. The highest BCUT2D eigenvalue weighted by Gasteiger charge is 2.31. The number of amides is 4. The minimum Gasteiger partial charge on any atom is -0.508 e. The molecule has 45 heavy (non-hydrogen) atoms. The zero-order valence-corrected chi connectivity index (χ0v) is 26.6. The Morgan fingerprint density at radius 1 is 0.889 bits per heavy atom. The van der Waals surface area contributed by atoms with Crippen molar-refractivity contribution < 1.29 is 24.3 Å². The van der Waals surface area contributed by atoms with E-state index < -0.39 is 47.8 Å². The Balaban J connectivity index is 2.29. The number of nitrogens with zero attached hydrogens (tertiary/aromatic N) is 2. The number of rotatable bonds is 19. The number of nitrogens with two attached hydrogens (primary N) is 5. The molecule has 0 radical (unpaired) electrons. The van der Waals surface area contributed by atoms with E-state index in [1.165, 1.54) is 11.3 Å². The second kappa shape index (κ2) is 18.5. The number of phenols is 1. The summed E-state index contributed by atoms with van der Waals surface area (Å²) in [7, 11) is 0. The maximum absolute atomic E-state index is 13.8. The normalized spacial score (nSPS) is 13.6. The Kier molecular flexibility index (Phi) is 15.2. The van der Waals surface area contributed by atoms with Gasteiger partial charge in [-0.2, -0.15) is 0 Å². The van der Waals surface area contributed by atoms with Crippen molar-refractivity contribution in [1.82, 2.24) is 20.9 Å². The Labute approximate surface area is 266 Å². The molecule has 4 atom stereocenters. The van der Waals surface area contributed by atoms with E-state index in [1.54, 1.807) is 36.9 Å². The van der Waals surface area contributed by atoms with Crippen LogP contribution in [0.25, 0.3) is 0 Å². The lowest BCUT2D eigenvalue weighted by atomic mass is 9.95. The number of hydrogen-bond acceptors (Lipinski definition) is 10. The molecule has 0 aliphatic carbocycles. The summed E-state index contributed by atoms with van der Waals surface area (Å²) in [5.41, 5.74) is 32.4. The van der Waals surface area contributed by atoms with Gasteiger partial charge in [-0.1, -0.05) is 0 Å². The van der Waals surface area contributed by atoms with E-state index in [-0.39, 0.29) is 43.9 Å². The first kappa shape index (κ1) is 36.9. The van der Waals surface area contributed by atoms with Crippen molar-refractivity contribution >= 4 is 40.9 Å². The first-order valence-corrected chi connectivity index (χ1v) is 15.6. The van der Waals surface area contributed by atoms with Gasteiger partial charge in [0.1, 0.15) is 23.9 Å². The molecule has 0 saturated carbocycles. The zero-order chi connectivity index (χ0) is 33.5. The molecule has 0 aliphatic heterocycles. The van der Waals surface area contributed by atoms with E-state index in [9.17, 15) is 24.3 Å². The van der Waals surface area contributed by atoms with Crippen LogP contribution in [0.15, 0.2) is 28.0 Å². The summed E-state index contributed by atoms with van der Waals surface area (Å²) >= 11 is 1.34. The summed E-state index contributed by atoms with van der Waals surface area (Å²) in [6.07, 6.45) is 2.17. The number of phenolic OH excluding ortho intramolecular Hbond substituents is 1. The molecule has 0 spiro atoms. The molecule has 0 unspecified atom stereocenters. The van der Waals surface area contributed by atoms with Crippen LogP contribution in [-0.4, -0.2) is 76.9 Å². The van der Waals surface area contributed by atoms with Gasteiger partial charge in [-0.25, -0.2) is 4.98 Å². The predicted octanol–water partition coefficient (Wildman–Crippen LogP) is -1.30. The SMILES string of the molecule is Cc1cc(O)cc(C)c1C[C@H](NC(=O)[C@H](N)CCCN=C(N)N)C(=O)N[C@@H](CCCCN)C(=O)N[C@@H](Cc1cscn1)C(N)=O. The van der Waals surface area contributed by atoms with Crippen LogP contribution in [0.1, 0.15) is 54.5 Å². The van der Waals surface area contributed by atoms with Gasteiger partial charge in [-0.05, 0) is 81.3 Å². The quantitative estimate of drug-likeness (QED) is 0.0494. The van der Waals surface area contributed by atoms with Crippen molar-refractivity contribution in [3.05, 3.63) is 45.4 Å². The average molecular weight is 647 g/mol. The molecule has 16 heteroatoms. The number of unbranched alkanes of at least 4 members (excludes halogenated alkanes) is 1. The molecule has 0 fully saturated rings. The van der Waals surface area contributed by atoms with Gasteiger partial charge in [-0.3, -0.25) is 24.2 Å². The smallest absolute Gasteiger partial charge is 0.243 e. The van der Waals surface area contributed by atoms with Gasteiger partial charge in [0.15, 0.2) is 5.96 Å². The van der Waals surface area contributed by atoms with Gasteiger partial charge in [0, 0.05) is 24.8 Å². The summed E-state index contributed by atoms with van der Waals surface area (Å²) in [5.74, 6) is -2.57. The molecular formula is C29H46N10O5S. The Morgan fingerprint density at radius 2 is 1.51 bits per heavy atom. The highest BCUT2D eigenvalue weighted by molar-refractivity contribution is 7.07. The number of primary amides is 1. The molecule has 0 saturated heterocycles. The molecule has 2 rings (SSSR count). The number of carbonyl (C=O) groups is 4. The van der Waals surface area contributed by atoms with E-state index in [2.05, 4.69) is 25.9 Å². The first-order valence-electron chi connectivity index (χ1n) is 14.7. The topological polar surface area (TPSA) is 280 Å². The summed E-state index contributed by atoms with van der Waals surface area (Å²) in [4.78, 5) is 60.5. The number of aromatic hydroxyl groups is 1. The highest BCUT2D eigenvalue weighted by Crippen LogP contribution is 2.22. The second-order valence-electron chi connectivity index (χ2n) is 10.9. The number of nitrogens with one attached hydrogen (secondary N) is 3. The highest BCUT2D eigenvalue weighted by atomic mass is 32.1. The summed E-state index contributed by atoms with van der Waals surface area (Å²) < 4.78 is 0. The number of carbonyl (C=O) groups excluding carboxylic acids is 4. The van der Waals surface area contributed by atoms with Gasteiger partial charge >= 0.3 is 0 Å². The van der Waals surface area contributed by atoms with Crippen molar-refractivity contribution in [3.8, 4) is 5.75 Å². The third-order valence-corrected chi connectivity index (χ3v) is 7.80. The van der Waals surface area contributed by atoms with E-state index in [0.29, 0.717) is 42.6 Å². The number of aromatic nitrogens is 1. The van der Waals surface area contributed by atoms with Gasteiger partial charge in [0.25, 0.3) is 0 Å². The first-order chi connectivity index (χ1) is 21.3. The number of thiazole rings is 1. The van der Waals surface area contributed by atoms with Crippen LogP contribution in [0.3, 0.4) is 0 Å². The largest absolute Gasteiger partial charge is 0.508 e. The lowest BCUT2D eigenvalue weighted by Crippen LogP contribution is -2.58. The third kappa shape index (κ3) is 12.7. The fraction of sp³-hybridized carbons (Fsp3) is 0.517. The molecule has 0 aliphatic rings. The standard InChI is InChI=1S/C29H46N10O5S/c1-16-10-19(40)11-17(2)20(16)13-24(39-26(42)21(31)6-5-9-35-29(33)34)28(44)37-22(7-3-4-8-30)27(43)38-23(25(32)41)12-18-14-45-15-36-18/h10-11,14-15,21-24,40H,3-9,12-13,30-31H2,1-2H3,(H2,32,41)(H,37,44)(H,38,43)(H,39,42)(H4,33,34,35)/t21-,22+,23+,24+/m1/s1. The average Bonchev–Trinajstić information content (AvgIpc) is 3.48. The summed E-state index contributed by atoms with van der Waals surface area (Å²) in [6, 6.07) is -1.08. The maximum Gasteiger partial charge on any atom is 0.243 e. The van der Waals surface area contributed by atoms with Crippen LogP contribution < -0.4 is 44.6 Å². The number of guanidine groups is 1. The maximum atomic E-state index is 13.8. The van der Waals surface area contributed by atoms with E-state index in [1.807, 2.05) is 0 Å². The predicted molar refractivity (Wildman–Crippen MR) is 173 cm³/mol. The fourth-order valence-corrected chi connectivity index (χ4v) is 5.28. The van der Waals surface area contributed by atoms with E-state index >= 15 is 0 Å². The Hall–Kier alpha value is -4.28. The Morgan fingerprint density at radius 3 is 2.09 bits per heavy atom. The molecular weight excluding hydrogens is 600 g/mol. The number of benzene rings is 1. The van der Waals surface area contributed by atoms with E-state index in [0.717, 1.165) is 5.56 Å². The molecule has 4 amide bonds. The fourth-order valence-electron chi connectivity index (χ4n) is 4.71. The van der Waals surface area contributed by atoms with E-state index in [4.69, 9.17) is 28.7 Å². The van der Waals surface area contributed by atoms with Crippen molar-refractivity contribution in [3.63, 3.8) is 0 Å². The number of aryl methyl sites for hydroxylation is 2. The summed E-state index contributed by atoms with van der Waals surface area (Å²) in [5, 5.41) is 19.9.